The number of nitrogens with zero attached hydrogens (tertiary/aromatic N) is 5. The van der Waals surface area contributed by atoms with Crippen molar-refractivity contribution < 1.29 is 82.3 Å². The van der Waals surface area contributed by atoms with Crippen molar-refractivity contribution in [2.45, 2.75) is 78.4 Å². The molecule has 30 heteroatoms. The molecule has 3 atom stereocenters. The average molecular weight is 1410 g/mol. The zero-order valence-corrected chi connectivity index (χ0v) is 58.5. The third-order valence-corrected chi connectivity index (χ3v) is 18.7. The number of rotatable bonds is 32. The maximum atomic E-state index is 15.3. The number of nitrogens with one attached hydrogen (secondary N) is 1. The van der Waals surface area contributed by atoms with Gasteiger partial charge in [0.05, 0.1) is 146 Å². The summed E-state index contributed by atoms with van der Waals surface area (Å²) >= 11 is 0. The van der Waals surface area contributed by atoms with Gasteiger partial charge in [-0.2, -0.15) is 0 Å². The van der Waals surface area contributed by atoms with E-state index in [-0.39, 0.29) is 120 Å². The van der Waals surface area contributed by atoms with Gasteiger partial charge < -0.3 is 47.6 Å². The first kappa shape index (κ1) is 72.5. The quantitative estimate of drug-likeness (QED) is 0.0244. The number of aromatic nitrogens is 6. The van der Waals surface area contributed by atoms with E-state index in [4.69, 9.17) is 42.6 Å². The molecule has 27 nitrogen and oxygen atoms in total. The Balaban J connectivity index is 1.06. The fraction of sp³-hybridized carbons (Fsp3) is 0.382. The van der Waals surface area contributed by atoms with Crippen molar-refractivity contribution in [1.29, 1.82) is 0 Å². The van der Waals surface area contributed by atoms with Crippen LogP contribution < -0.4 is 45.5 Å². The van der Waals surface area contributed by atoms with Crippen LogP contribution in [0.3, 0.4) is 0 Å². The van der Waals surface area contributed by atoms with Gasteiger partial charge in [-0.1, -0.05) is 18.2 Å². The van der Waals surface area contributed by atoms with Crippen molar-refractivity contribution in [2.24, 2.45) is 0 Å². The fourth-order valence-electron chi connectivity index (χ4n) is 11.8. The summed E-state index contributed by atoms with van der Waals surface area (Å²) in [5.41, 5.74) is 0.793. The molecule has 3 aromatic heterocycles. The summed E-state index contributed by atoms with van der Waals surface area (Å²) in [5, 5.41) is 0. The van der Waals surface area contributed by atoms with Crippen LogP contribution in [-0.2, 0) is 56.8 Å². The number of esters is 3. The fourth-order valence-corrected chi connectivity index (χ4v) is 14.5. The number of fused-ring (bicyclic) bond motifs is 3. The normalized spacial score (nSPS) is 12.9. The van der Waals surface area contributed by atoms with E-state index in [0.29, 0.717) is 33.7 Å². The Hall–Kier alpha value is -9.81. The topological polar surface area (TPSA) is 328 Å². The minimum absolute atomic E-state index is 0.00678. The van der Waals surface area contributed by atoms with Crippen LogP contribution in [0.2, 0.25) is 0 Å². The van der Waals surface area contributed by atoms with Crippen LogP contribution in [0.4, 0.5) is 0 Å². The maximum Gasteiger partial charge on any atom is 0.338 e. The third-order valence-electron chi connectivity index (χ3n) is 15.9. The van der Waals surface area contributed by atoms with E-state index in [9.17, 15) is 49.2 Å². The molecule has 98 heavy (non-hydrogen) atoms. The second-order valence-electron chi connectivity index (χ2n) is 23.5. The molecule has 0 saturated carbocycles. The number of sulfone groups is 3. The van der Waals surface area contributed by atoms with E-state index in [1.165, 1.54) is 111 Å². The highest BCUT2D eigenvalue weighted by Crippen LogP contribution is 2.38. The number of ether oxygens (including phenoxy) is 9. The maximum absolute atomic E-state index is 15.3. The SMILES string of the molecule is CCOC(=O)c1ccc2[nH]c(=O)n(C(CS(C)(=O)=O)c3ccc(OC)c(OCCn4c(=O)n(C(CS(C)(=O)=O)c5ccc(OC)c(OCCCn6c(=O)n(C(CS(C)(=O)=O)c7ccc(OC)c(OCC)c7)c7cc(C(=O)OCC)ccc76)c5)c5cc(C(=O)OC(C)C)ccc54)c3)c2c1. The number of carbonyl (C=O) groups is 3. The van der Waals surface area contributed by atoms with Gasteiger partial charge in [0.15, 0.2) is 34.5 Å². The zero-order valence-electron chi connectivity index (χ0n) is 56.0. The molecule has 1 N–H and O–H groups in total. The van der Waals surface area contributed by atoms with E-state index in [1.54, 1.807) is 77.1 Å². The van der Waals surface area contributed by atoms with Gasteiger partial charge in [0.1, 0.15) is 36.1 Å². The second-order valence-corrected chi connectivity index (χ2v) is 30.0. The largest absolute Gasteiger partial charge is 0.493 e. The monoisotopic (exact) mass is 1410 g/mol. The first-order valence-electron chi connectivity index (χ1n) is 31.2. The lowest BCUT2D eigenvalue weighted by Crippen LogP contribution is -2.32. The van der Waals surface area contributed by atoms with Crippen molar-refractivity contribution >= 4 is 80.5 Å². The Labute approximate surface area is 565 Å². The smallest absolute Gasteiger partial charge is 0.338 e. The van der Waals surface area contributed by atoms with Gasteiger partial charge in [0.25, 0.3) is 0 Å². The van der Waals surface area contributed by atoms with Gasteiger partial charge in [-0.3, -0.25) is 22.8 Å². The van der Waals surface area contributed by atoms with E-state index in [1.807, 2.05) is 0 Å². The summed E-state index contributed by atoms with van der Waals surface area (Å²) in [4.78, 5) is 86.4. The molecule has 9 aromatic rings. The lowest BCUT2D eigenvalue weighted by molar-refractivity contribution is 0.0376. The van der Waals surface area contributed by atoms with Gasteiger partial charge in [0.2, 0.25) is 0 Å². The van der Waals surface area contributed by atoms with Crippen LogP contribution in [0, 0.1) is 0 Å². The highest BCUT2D eigenvalue weighted by Gasteiger charge is 2.32. The molecule has 9 rings (SSSR count). The summed E-state index contributed by atoms with van der Waals surface area (Å²) in [6, 6.07) is 23.9. The van der Waals surface area contributed by atoms with E-state index < -0.39 is 106 Å². The second kappa shape index (κ2) is 30.3. The lowest BCUT2D eigenvalue weighted by atomic mass is 10.1. The molecule has 0 aliphatic rings. The number of methoxy groups -OCH3 is 3. The molecule has 6 aromatic carbocycles. The van der Waals surface area contributed by atoms with Crippen molar-refractivity contribution in [1.82, 2.24) is 27.8 Å². The first-order valence-corrected chi connectivity index (χ1v) is 37.4. The summed E-state index contributed by atoms with van der Waals surface area (Å²) in [7, 11) is -7.36. The first-order chi connectivity index (χ1) is 46.5. The van der Waals surface area contributed by atoms with Gasteiger partial charge in [-0.05, 0) is 149 Å². The van der Waals surface area contributed by atoms with E-state index in [2.05, 4.69) is 4.98 Å². The predicted molar refractivity (Wildman–Crippen MR) is 367 cm³/mol. The molecule has 0 spiro atoms. The highest BCUT2D eigenvalue weighted by molar-refractivity contribution is 7.91. The molecule has 524 valence electrons. The van der Waals surface area contributed by atoms with Gasteiger partial charge in [-0.15, -0.1) is 0 Å². The number of aryl methyl sites for hydroxylation is 1. The number of aromatic amines is 1. The van der Waals surface area contributed by atoms with Crippen molar-refractivity contribution in [2.75, 3.05) is 90.4 Å². The minimum atomic E-state index is -3.97. The number of hydrogen-bond donors (Lipinski definition) is 1. The van der Waals surface area contributed by atoms with Crippen LogP contribution in [0.1, 0.15) is 107 Å². The van der Waals surface area contributed by atoms with Crippen molar-refractivity contribution in [3.05, 3.63) is 174 Å². The van der Waals surface area contributed by atoms with Crippen LogP contribution in [0.25, 0.3) is 33.1 Å². The molecule has 0 radical (unpaired) electrons. The van der Waals surface area contributed by atoms with Crippen LogP contribution in [0.5, 0.6) is 34.5 Å². The van der Waals surface area contributed by atoms with Gasteiger partial charge in [-0.25, -0.2) is 54.0 Å². The highest BCUT2D eigenvalue weighted by atomic mass is 32.2. The zero-order chi connectivity index (χ0) is 71.1. The molecule has 3 heterocycles. The Morgan fingerprint density at radius 1 is 0.439 bits per heavy atom. The van der Waals surface area contributed by atoms with E-state index in [0.717, 1.165) is 18.8 Å². The van der Waals surface area contributed by atoms with E-state index >= 15 is 4.79 Å². The number of benzene rings is 6. The molecule has 3 unspecified atom stereocenters. The molecular formula is C68H78N6O21S3. The Morgan fingerprint density at radius 3 is 1.26 bits per heavy atom. The Bertz CT molecular complexity index is 5040. The molecule has 0 aliphatic heterocycles. The standard InChI is InChI=1S/C68H78N6O21S3/c1-12-90-60-35-43(20-25-57(60)87-6)55(39-97(10,83)84)73-52-33-46(64(76)92-14-3)17-23-49(52)70(67(73)79)28-15-30-93-61-37-44(21-27-58(61)88-7)56(40-98(11,85)86)74-53-34-47(65(77)95-41(4)5)18-24-50(53)71(68(74)80)29-31-94-62-36-42(19-26-59(62)89-8)54(38-96(9,81)82)72-51-32-45(63(75)91-13-2)16-22-48(51)69-66(72)78/h16-27,32-37,41,54-56H,12-15,28-31,38-40H2,1-11H3,(H,69,78). The average Bonchev–Trinajstić information content (AvgIpc) is 1.60. The number of carbonyl (C=O) groups excluding carboxylic acids is 3. The van der Waals surface area contributed by atoms with Gasteiger partial charge >= 0.3 is 35.0 Å². The molecule has 0 saturated heterocycles. The van der Waals surface area contributed by atoms with Crippen molar-refractivity contribution in [3.8, 4) is 34.5 Å². The summed E-state index contributed by atoms with van der Waals surface area (Å²) < 4.78 is 138. The van der Waals surface area contributed by atoms with Gasteiger partial charge in [0, 0.05) is 25.3 Å². The Morgan fingerprint density at radius 2 is 0.837 bits per heavy atom. The number of imidazole rings is 3. The molecular weight excluding hydrogens is 1330 g/mol. The minimum Gasteiger partial charge on any atom is -0.493 e. The van der Waals surface area contributed by atoms with Crippen LogP contribution >= 0.6 is 0 Å². The molecule has 0 aliphatic carbocycles. The summed E-state index contributed by atoms with van der Waals surface area (Å²) in [6.07, 6.45) is 2.69. The summed E-state index contributed by atoms with van der Waals surface area (Å²) in [5.74, 6) is -2.45. The van der Waals surface area contributed by atoms with Crippen LogP contribution in [-0.4, -0.2) is 167 Å². The summed E-state index contributed by atoms with van der Waals surface area (Å²) in [6.45, 7) is 8.25. The predicted octanol–water partition coefficient (Wildman–Crippen LogP) is 7.36. The van der Waals surface area contributed by atoms with Crippen LogP contribution in [0.15, 0.2) is 124 Å². The third kappa shape index (κ3) is 16.4. The molecule has 0 bridgehead atoms. The Kier molecular flexibility index (Phi) is 22.4. The molecule has 0 amide bonds. The lowest BCUT2D eigenvalue weighted by Gasteiger charge is -2.21. The number of H-pyrrole nitrogens is 1. The molecule has 0 fully saturated rings. The number of hydrogen-bond acceptors (Lipinski definition) is 21. The van der Waals surface area contributed by atoms with Crippen molar-refractivity contribution in [3.63, 3.8) is 0 Å².